The topological polar surface area (TPSA) is 122 Å². The van der Waals surface area contributed by atoms with E-state index >= 15 is 0 Å². The highest BCUT2D eigenvalue weighted by Gasteiger charge is 2.49. The lowest BCUT2D eigenvalue weighted by Crippen LogP contribution is -2.60. The van der Waals surface area contributed by atoms with Gasteiger partial charge in [-0.2, -0.15) is 0 Å². The molecule has 0 saturated carbocycles. The van der Waals surface area contributed by atoms with E-state index in [2.05, 4.69) is 58.7 Å². The molecule has 0 bridgehead atoms. The Kier molecular flexibility index (Phi) is 15.5. The van der Waals surface area contributed by atoms with Crippen LogP contribution in [0.4, 0.5) is 0 Å². The van der Waals surface area contributed by atoms with Crippen molar-refractivity contribution in [1.29, 1.82) is 0 Å². The fourth-order valence-electron chi connectivity index (χ4n) is 4.00. The number of hydrogen-bond donors (Lipinski definition) is 1. The predicted octanol–water partition coefficient (Wildman–Crippen LogP) is 3.73. The highest BCUT2D eigenvalue weighted by atomic mass is 32.2. The molecule has 0 heterocycles. The Morgan fingerprint density at radius 2 is 1.39 bits per heavy atom. The summed E-state index contributed by atoms with van der Waals surface area (Å²) < 4.78 is 58.7. The van der Waals surface area contributed by atoms with Crippen molar-refractivity contribution in [3.05, 3.63) is 0 Å². The van der Waals surface area contributed by atoms with E-state index in [1.165, 1.54) is 0 Å². The van der Waals surface area contributed by atoms with Crippen molar-refractivity contribution in [2.75, 3.05) is 39.5 Å². The van der Waals surface area contributed by atoms with E-state index in [4.69, 9.17) is 8.23 Å². The molecule has 0 saturated heterocycles. The molecule has 9 nitrogen and oxygen atoms in total. The van der Waals surface area contributed by atoms with E-state index in [0.717, 1.165) is 36.8 Å². The van der Waals surface area contributed by atoms with Crippen LogP contribution in [0, 0.1) is 0 Å². The van der Waals surface area contributed by atoms with Crippen LogP contribution in [0.2, 0.25) is 51.9 Å². The summed E-state index contributed by atoms with van der Waals surface area (Å²) in [6.45, 7) is 16.7. The first kappa shape index (κ1) is 35.9. The molecule has 0 aliphatic rings. The molecule has 0 aliphatic carbocycles. The first-order valence-corrected chi connectivity index (χ1v) is 26.4. The maximum atomic E-state index is 12.9. The number of nitrogens with one attached hydrogen (secondary N) is 1. The van der Waals surface area contributed by atoms with Crippen LogP contribution in [-0.4, -0.2) is 95.8 Å². The van der Waals surface area contributed by atoms with Crippen molar-refractivity contribution in [2.24, 2.45) is 0 Å². The van der Waals surface area contributed by atoms with Crippen LogP contribution in [0.25, 0.3) is 0 Å². The standard InChI is InChI=1S/C22H52N2O7SSi4/c1-24(2,19-13-14-20-32(26,27)28)18-12-10-11-16-22(25)23-17-15-21-36(33(3)29,30-34(4,5)6)31-35(7,8)9/h10-21H2,1-9H3,(H-,23,25,26,27,28). The molecule has 1 amide bonds. The highest BCUT2D eigenvalue weighted by molar-refractivity contribution is 7.85. The van der Waals surface area contributed by atoms with Crippen molar-refractivity contribution in [2.45, 2.75) is 96.8 Å². The van der Waals surface area contributed by atoms with E-state index < -0.39 is 43.0 Å². The van der Waals surface area contributed by atoms with Gasteiger partial charge in [0.25, 0.3) is 0 Å². The molecular weight excluding hydrogens is 549 g/mol. The van der Waals surface area contributed by atoms with E-state index in [-0.39, 0.29) is 11.7 Å². The summed E-state index contributed by atoms with van der Waals surface area (Å²) in [5.74, 6) is -0.254. The Bertz CT molecular complexity index is 781. The van der Waals surface area contributed by atoms with Gasteiger partial charge in [0, 0.05) is 18.7 Å². The molecule has 214 valence electrons. The number of hydrogen-bond acceptors (Lipinski definition) is 7. The quantitative estimate of drug-likeness (QED) is 0.0978. The Balaban J connectivity index is 4.36. The summed E-state index contributed by atoms with van der Waals surface area (Å²) in [7, 11) is -8.60. The summed E-state index contributed by atoms with van der Waals surface area (Å²) in [6.07, 6.45) is 5.06. The third-order valence-electron chi connectivity index (χ3n) is 5.56. The second-order valence-electron chi connectivity index (χ2n) is 12.4. The minimum Gasteiger partial charge on any atom is -0.748 e. The van der Waals surface area contributed by atoms with Crippen molar-refractivity contribution >= 4 is 48.9 Å². The van der Waals surface area contributed by atoms with Crippen LogP contribution in [-0.2, 0) is 27.6 Å². The monoisotopic (exact) mass is 600 g/mol. The van der Waals surface area contributed by atoms with E-state index in [9.17, 15) is 22.2 Å². The van der Waals surface area contributed by atoms with Gasteiger partial charge in [-0.3, -0.25) is 4.79 Å². The summed E-state index contributed by atoms with van der Waals surface area (Å²) in [5.41, 5.74) is 0. The van der Waals surface area contributed by atoms with Gasteiger partial charge in [0.2, 0.25) is 5.91 Å². The molecule has 0 radical (unpaired) electrons. The van der Waals surface area contributed by atoms with Gasteiger partial charge in [-0.05, 0) is 90.4 Å². The second-order valence-corrected chi connectivity index (χ2v) is 31.5. The zero-order chi connectivity index (χ0) is 28.3. The number of carbonyl (C=O) groups is 1. The van der Waals surface area contributed by atoms with Gasteiger partial charge in [0.05, 0.1) is 37.3 Å². The third-order valence-corrected chi connectivity index (χ3v) is 21.8. The van der Waals surface area contributed by atoms with Gasteiger partial charge in [-0.15, -0.1) is 0 Å². The van der Waals surface area contributed by atoms with Gasteiger partial charge in [0.15, 0.2) is 16.6 Å². The van der Waals surface area contributed by atoms with Crippen LogP contribution in [0.5, 0.6) is 0 Å². The fraction of sp³-hybridized carbons (Fsp3) is 0.955. The average molecular weight is 601 g/mol. The molecule has 0 atom stereocenters. The Labute approximate surface area is 225 Å². The number of carbonyl (C=O) groups excluding carboxylic acids is 1. The largest absolute Gasteiger partial charge is 0.748 e. The number of nitrogens with zero attached hydrogens (tertiary/aromatic N) is 1. The van der Waals surface area contributed by atoms with Gasteiger partial charge >= 0.3 is 16.3 Å². The van der Waals surface area contributed by atoms with Gasteiger partial charge < -0.3 is 27.0 Å². The van der Waals surface area contributed by atoms with Gasteiger partial charge in [-0.25, -0.2) is 8.42 Å². The van der Waals surface area contributed by atoms with Crippen LogP contribution in [0.15, 0.2) is 0 Å². The Hall–Kier alpha value is -0.0725. The van der Waals surface area contributed by atoms with Gasteiger partial charge in [-0.1, -0.05) is 0 Å². The number of amides is 1. The lowest BCUT2D eigenvalue weighted by molar-refractivity contribution is -0.890. The second kappa shape index (κ2) is 15.5. The maximum Gasteiger partial charge on any atom is 0.364 e. The lowest BCUT2D eigenvalue weighted by atomic mass is 10.1. The van der Waals surface area contributed by atoms with E-state index in [1.54, 1.807) is 6.55 Å². The summed E-state index contributed by atoms with van der Waals surface area (Å²) in [6, 6.07) is 0.643. The van der Waals surface area contributed by atoms with Gasteiger partial charge in [0.1, 0.15) is 0 Å². The Morgan fingerprint density at radius 1 is 0.889 bits per heavy atom. The molecular formula is C22H52N2O7SSi4. The molecule has 36 heavy (non-hydrogen) atoms. The van der Waals surface area contributed by atoms with Crippen LogP contribution in [0.1, 0.15) is 44.9 Å². The molecule has 0 fully saturated rings. The van der Waals surface area contributed by atoms with Crippen LogP contribution >= 0.6 is 0 Å². The molecule has 0 spiro atoms. The molecule has 0 aromatic rings. The van der Waals surface area contributed by atoms with Crippen molar-refractivity contribution in [3.63, 3.8) is 0 Å². The average Bonchev–Trinajstić information content (AvgIpc) is 2.65. The lowest BCUT2D eigenvalue weighted by Gasteiger charge is -2.39. The molecule has 0 aromatic carbocycles. The minimum atomic E-state index is -4.12. The normalized spacial score (nSPS) is 13.6. The number of rotatable bonds is 20. The third kappa shape index (κ3) is 19.1. The SMILES string of the molecule is C[Si](=O)[Si](CCCNC(=O)CCCCC[N+](C)(C)CCCCS(=O)(=O)[O-])(O[Si](C)(C)C)O[Si](C)(C)C. The molecule has 0 unspecified atom stereocenters. The molecule has 1 N–H and O–H groups in total. The van der Waals surface area contributed by atoms with Crippen LogP contribution in [0.3, 0.4) is 0 Å². The first-order chi connectivity index (χ1) is 16.2. The molecule has 0 aromatic heterocycles. The van der Waals surface area contributed by atoms with Crippen molar-refractivity contribution < 1.29 is 34.9 Å². The van der Waals surface area contributed by atoms with Crippen molar-refractivity contribution in [3.8, 4) is 0 Å². The molecule has 0 rings (SSSR count). The summed E-state index contributed by atoms with van der Waals surface area (Å²) in [4.78, 5) is 12.3. The number of quaternary nitrogens is 1. The van der Waals surface area contributed by atoms with Crippen LogP contribution < -0.4 is 5.32 Å². The predicted molar refractivity (Wildman–Crippen MR) is 153 cm³/mol. The fourth-order valence-corrected chi connectivity index (χ4v) is 25.7. The maximum absolute atomic E-state index is 12.9. The molecule has 14 heteroatoms. The minimum absolute atomic E-state index is 0.0382. The smallest absolute Gasteiger partial charge is 0.364 e. The zero-order valence-electron chi connectivity index (χ0n) is 24.2. The zero-order valence-corrected chi connectivity index (χ0v) is 29.0. The van der Waals surface area contributed by atoms with E-state index in [1.807, 2.05) is 0 Å². The summed E-state index contributed by atoms with van der Waals surface area (Å²) >= 11 is 0. The highest BCUT2D eigenvalue weighted by Crippen LogP contribution is 2.26. The van der Waals surface area contributed by atoms with Crippen molar-refractivity contribution in [1.82, 2.24) is 5.32 Å². The molecule has 0 aliphatic heterocycles. The first-order valence-electron chi connectivity index (χ1n) is 13.1. The van der Waals surface area contributed by atoms with E-state index in [0.29, 0.717) is 38.3 Å². The number of unbranched alkanes of at least 4 members (excludes halogenated alkanes) is 3. The summed E-state index contributed by atoms with van der Waals surface area (Å²) in [5, 5.41) is 3.00. The Morgan fingerprint density at radius 3 is 1.83 bits per heavy atom.